The molecule has 182 valence electrons. The van der Waals surface area contributed by atoms with Gasteiger partial charge >= 0.3 is 5.97 Å². The molecule has 7 heteroatoms. The van der Waals surface area contributed by atoms with Gasteiger partial charge in [0, 0.05) is 5.02 Å². The molecule has 0 saturated heterocycles. The summed E-state index contributed by atoms with van der Waals surface area (Å²) in [6.45, 7) is 6.08. The van der Waals surface area contributed by atoms with Crippen LogP contribution in [0.25, 0.3) is 0 Å². The van der Waals surface area contributed by atoms with Gasteiger partial charge in [0.2, 0.25) is 10.0 Å². The van der Waals surface area contributed by atoms with Crippen LogP contribution in [0.2, 0.25) is 5.02 Å². The van der Waals surface area contributed by atoms with Crippen molar-refractivity contribution in [1.82, 2.24) is 4.31 Å². The second-order valence-corrected chi connectivity index (χ2v) is 11.4. The number of nitrogens with zero attached hydrogens (tertiary/aromatic N) is 1. The van der Waals surface area contributed by atoms with Gasteiger partial charge in [0.25, 0.3) is 0 Å². The molecular formula is C28H28ClNO4S. The standard InChI is InChI=1S/C28H28ClNO4S/c1-18(2)20-9-11-21(12-10-20)26-16-15-25(28(31)32)27(22-5-4-6-23(29)17-22)30(26)35(33,34)24-13-7-19(3)8-14-24/h4-15,17-18,26-27H,16H2,1-3H3,(H,31,32)/t26-,27-/m0/s1. The molecule has 3 aromatic carbocycles. The highest BCUT2D eigenvalue weighted by Crippen LogP contribution is 2.46. The van der Waals surface area contributed by atoms with E-state index in [2.05, 4.69) is 13.8 Å². The van der Waals surface area contributed by atoms with Gasteiger partial charge in [0.05, 0.1) is 22.6 Å². The van der Waals surface area contributed by atoms with E-state index < -0.39 is 28.1 Å². The minimum atomic E-state index is -4.09. The Balaban J connectivity index is 1.95. The van der Waals surface area contributed by atoms with Crippen molar-refractivity contribution in [3.63, 3.8) is 0 Å². The van der Waals surface area contributed by atoms with E-state index in [1.165, 1.54) is 4.31 Å². The summed E-state index contributed by atoms with van der Waals surface area (Å²) in [5.41, 5.74) is 3.40. The Labute approximate surface area is 211 Å². The second-order valence-electron chi connectivity index (χ2n) is 9.14. The number of carboxylic acids is 1. The van der Waals surface area contributed by atoms with Crippen molar-refractivity contribution in [3.05, 3.63) is 112 Å². The molecule has 0 unspecified atom stereocenters. The van der Waals surface area contributed by atoms with E-state index >= 15 is 0 Å². The molecule has 0 bridgehead atoms. The molecule has 5 nitrogen and oxygen atoms in total. The predicted octanol–water partition coefficient (Wildman–Crippen LogP) is 6.66. The minimum Gasteiger partial charge on any atom is -0.478 e. The van der Waals surface area contributed by atoms with Gasteiger partial charge in [0.1, 0.15) is 0 Å². The van der Waals surface area contributed by atoms with Gasteiger partial charge in [-0.1, -0.05) is 85.6 Å². The van der Waals surface area contributed by atoms with Crippen molar-refractivity contribution in [2.75, 3.05) is 0 Å². The molecule has 1 aliphatic heterocycles. The first-order valence-corrected chi connectivity index (χ1v) is 13.3. The van der Waals surface area contributed by atoms with Crippen molar-refractivity contribution >= 4 is 27.6 Å². The first kappa shape index (κ1) is 25.2. The molecule has 0 radical (unpaired) electrons. The van der Waals surface area contributed by atoms with Crippen LogP contribution in [-0.2, 0) is 14.8 Å². The molecule has 1 N–H and O–H groups in total. The number of sulfonamides is 1. The highest BCUT2D eigenvalue weighted by Gasteiger charge is 2.44. The first-order valence-electron chi connectivity index (χ1n) is 11.5. The van der Waals surface area contributed by atoms with Gasteiger partial charge in [-0.2, -0.15) is 4.31 Å². The summed E-state index contributed by atoms with van der Waals surface area (Å²) in [4.78, 5) is 12.4. The molecule has 0 aromatic heterocycles. The normalized spacial score (nSPS) is 18.9. The molecule has 1 heterocycles. The van der Waals surface area contributed by atoms with Gasteiger partial charge in [-0.25, -0.2) is 13.2 Å². The fraction of sp³-hybridized carbons (Fsp3) is 0.250. The summed E-state index contributed by atoms with van der Waals surface area (Å²) in [6, 6.07) is 19.6. The fourth-order valence-electron chi connectivity index (χ4n) is 4.50. The lowest BCUT2D eigenvalue weighted by Gasteiger charge is -2.40. The molecule has 0 aliphatic carbocycles. The Morgan fingerprint density at radius 3 is 2.23 bits per heavy atom. The highest BCUT2D eigenvalue weighted by molar-refractivity contribution is 7.89. The zero-order chi connectivity index (χ0) is 25.3. The number of hydrogen-bond donors (Lipinski definition) is 1. The van der Waals surface area contributed by atoms with Gasteiger partial charge in [-0.15, -0.1) is 0 Å². The average Bonchev–Trinajstić information content (AvgIpc) is 2.83. The van der Waals surface area contributed by atoms with Crippen LogP contribution < -0.4 is 0 Å². The molecular weight excluding hydrogens is 482 g/mol. The smallest absolute Gasteiger partial charge is 0.333 e. The van der Waals surface area contributed by atoms with Crippen molar-refractivity contribution in [2.45, 2.75) is 50.1 Å². The monoisotopic (exact) mass is 509 g/mol. The van der Waals surface area contributed by atoms with Crippen LogP contribution in [0.15, 0.2) is 89.3 Å². The lowest BCUT2D eigenvalue weighted by atomic mass is 9.88. The van der Waals surface area contributed by atoms with E-state index in [0.29, 0.717) is 16.5 Å². The molecule has 3 aromatic rings. The SMILES string of the molecule is Cc1ccc(S(=O)(=O)N2[C@@H](c3cccc(Cl)c3)C(C(=O)O)=CC[C@H]2c2ccc(C(C)C)cc2)cc1. The van der Waals surface area contributed by atoms with Crippen molar-refractivity contribution in [3.8, 4) is 0 Å². The van der Waals surface area contributed by atoms with E-state index in [1.54, 1.807) is 54.6 Å². The van der Waals surface area contributed by atoms with Gasteiger partial charge in [-0.05, 0) is 60.2 Å². The third-order valence-electron chi connectivity index (χ3n) is 6.41. The van der Waals surface area contributed by atoms with Crippen LogP contribution in [0.1, 0.15) is 60.5 Å². The third kappa shape index (κ3) is 5.06. The number of rotatable bonds is 6. The Hall–Kier alpha value is -2.93. The van der Waals surface area contributed by atoms with E-state index in [1.807, 2.05) is 31.2 Å². The molecule has 0 saturated carbocycles. The van der Waals surface area contributed by atoms with Gasteiger partial charge in [-0.3, -0.25) is 0 Å². The Bertz CT molecular complexity index is 1360. The average molecular weight is 510 g/mol. The summed E-state index contributed by atoms with van der Waals surface area (Å²) in [7, 11) is -4.09. The summed E-state index contributed by atoms with van der Waals surface area (Å²) in [6.07, 6.45) is 1.88. The number of aryl methyl sites for hydroxylation is 1. The van der Waals surface area contributed by atoms with Crippen molar-refractivity contribution < 1.29 is 18.3 Å². The molecule has 0 spiro atoms. The minimum absolute atomic E-state index is 0.0120. The number of carbonyl (C=O) groups is 1. The van der Waals surface area contributed by atoms with Crippen molar-refractivity contribution in [2.24, 2.45) is 0 Å². The summed E-state index contributed by atoms with van der Waals surface area (Å²) in [5, 5.41) is 10.5. The van der Waals surface area contributed by atoms with Crippen molar-refractivity contribution in [1.29, 1.82) is 0 Å². The fourth-order valence-corrected chi connectivity index (χ4v) is 6.48. The molecule has 0 fully saturated rings. The zero-order valence-electron chi connectivity index (χ0n) is 19.9. The second kappa shape index (κ2) is 9.97. The number of benzene rings is 3. The van der Waals surface area contributed by atoms with E-state index in [-0.39, 0.29) is 16.9 Å². The van der Waals surface area contributed by atoms with Crippen LogP contribution in [0.5, 0.6) is 0 Å². The topological polar surface area (TPSA) is 74.7 Å². The Morgan fingerprint density at radius 2 is 1.66 bits per heavy atom. The number of halogens is 1. The highest BCUT2D eigenvalue weighted by atomic mass is 35.5. The maximum absolute atomic E-state index is 14.2. The molecule has 35 heavy (non-hydrogen) atoms. The van der Waals surface area contributed by atoms with Crippen LogP contribution in [0, 0.1) is 6.92 Å². The molecule has 1 aliphatic rings. The Morgan fingerprint density at radius 1 is 1.00 bits per heavy atom. The third-order valence-corrected chi connectivity index (χ3v) is 8.54. The quantitative estimate of drug-likeness (QED) is 0.403. The summed E-state index contributed by atoms with van der Waals surface area (Å²) < 4.78 is 29.7. The predicted molar refractivity (Wildman–Crippen MR) is 138 cm³/mol. The maximum Gasteiger partial charge on any atom is 0.333 e. The van der Waals surface area contributed by atoms with E-state index in [9.17, 15) is 18.3 Å². The number of carboxylic acid groups (broad SMARTS) is 1. The number of hydrogen-bond acceptors (Lipinski definition) is 3. The summed E-state index contributed by atoms with van der Waals surface area (Å²) >= 11 is 6.25. The van der Waals surface area contributed by atoms with Crippen LogP contribution >= 0.6 is 11.6 Å². The summed E-state index contributed by atoms with van der Waals surface area (Å²) in [5.74, 6) is -0.826. The van der Waals surface area contributed by atoms with Crippen LogP contribution in [-0.4, -0.2) is 23.8 Å². The lowest BCUT2D eigenvalue weighted by molar-refractivity contribution is -0.133. The van der Waals surface area contributed by atoms with Crippen LogP contribution in [0.4, 0.5) is 0 Å². The van der Waals surface area contributed by atoms with Gasteiger partial charge in [0.15, 0.2) is 0 Å². The molecule has 4 rings (SSSR count). The molecule has 2 atom stereocenters. The van der Waals surface area contributed by atoms with Crippen LogP contribution in [0.3, 0.4) is 0 Å². The maximum atomic E-state index is 14.2. The largest absolute Gasteiger partial charge is 0.478 e. The van der Waals surface area contributed by atoms with E-state index in [4.69, 9.17) is 11.6 Å². The van der Waals surface area contributed by atoms with E-state index in [0.717, 1.165) is 16.7 Å². The molecule has 0 amide bonds. The zero-order valence-corrected chi connectivity index (χ0v) is 21.4. The lowest BCUT2D eigenvalue weighted by Crippen LogP contribution is -2.42. The Kier molecular flexibility index (Phi) is 7.17. The first-order chi connectivity index (χ1) is 16.6. The number of aliphatic carboxylic acids is 1. The van der Waals surface area contributed by atoms with Gasteiger partial charge < -0.3 is 5.11 Å².